The summed E-state index contributed by atoms with van der Waals surface area (Å²) in [6, 6.07) is -0.0947. The number of urea groups is 1. The summed E-state index contributed by atoms with van der Waals surface area (Å²) in [5, 5.41) is 11.6. The highest BCUT2D eigenvalue weighted by atomic mass is 16.4. The number of nitrogens with zero attached hydrogens (tertiary/aromatic N) is 2. The minimum atomic E-state index is -0.822. The molecule has 0 aromatic heterocycles. The molecule has 0 spiro atoms. The van der Waals surface area contributed by atoms with Crippen LogP contribution in [0.15, 0.2) is 0 Å². The summed E-state index contributed by atoms with van der Waals surface area (Å²) in [7, 11) is 3.54. The second-order valence-corrected chi connectivity index (χ2v) is 3.75. The Morgan fingerprint density at radius 2 is 2.13 bits per heavy atom. The Morgan fingerprint density at radius 1 is 1.53 bits per heavy atom. The minimum Gasteiger partial charge on any atom is -0.481 e. The Labute approximate surface area is 88.8 Å². The predicted octanol–water partition coefficient (Wildman–Crippen LogP) is -0.726. The number of rotatable bonds is 4. The molecule has 0 radical (unpaired) electrons. The average molecular weight is 215 g/mol. The first-order chi connectivity index (χ1) is 7.06. The van der Waals surface area contributed by atoms with Crippen LogP contribution >= 0.6 is 0 Å². The molecule has 6 nitrogen and oxygen atoms in total. The lowest BCUT2D eigenvalue weighted by Crippen LogP contribution is -2.56. The summed E-state index contributed by atoms with van der Waals surface area (Å²) >= 11 is 0. The number of hydrogen-bond acceptors (Lipinski definition) is 3. The number of amides is 2. The summed E-state index contributed by atoms with van der Waals surface area (Å²) in [6.45, 7) is 2.03. The molecule has 6 heteroatoms. The molecule has 1 aliphatic rings. The van der Waals surface area contributed by atoms with E-state index in [9.17, 15) is 9.59 Å². The van der Waals surface area contributed by atoms with Gasteiger partial charge in [0.15, 0.2) is 0 Å². The van der Waals surface area contributed by atoms with E-state index < -0.39 is 5.97 Å². The molecule has 0 aromatic rings. The molecular weight excluding hydrogens is 198 g/mol. The molecule has 1 aliphatic heterocycles. The lowest BCUT2D eigenvalue weighted by Gasteiger charge is -2.38. The number of likely N-dealkylation sites (tertiary alicyclic amines) is 1. The van der Waals surface area contributed by atoms with Crippen LogP contribution in [0.25, 0.3) is 0 Å². The van der Waals surface area contributed by atoms with E-state index in [0.717, 1.165) is 6.54 Å². The molecule has 1 fully saturated rings. The topological polar surface area (TPSA) is 72.9 Å². The maximum absolute atomic E-state index is 11.6. The van der Waals surface area contributed by atoms with Crippen molar-refractivity contribution in [3.63, 3.8) is 0 Å². The predicted molar refractivity (Wildman–Crippen MR) is 54.7 cm³/mol. The van der Waals surface area contributed by atoms with Crippen LogP contribution in [0.3, 0.4) is 0 Å². The largest absolute Gasteiger partial charge is 0.481 e. The first-order valence-corrected chi connectivity index (χ1v) is 4.93. The van der Waals surface area contributed by atoms with E-state index in [-0.39, 0.29) is 11.9 Å². The smallest absolute Gasteiger partial charge is 0.319 e. The molecule has 86 valence electrons. The van der Waals surface area contributed by atoms with Gasteiger partial charge in [0.2, 0.25) is 0 Å². The zero-order valence-corrected chi connectivity index (χ0v) is 9.06. The van der Waals surface area contributed by atoms with Crippen molar-refractivity contribution in [1.29, 1.82) is 0 Å². The minimum absolute atomic E-state index is 0.0947. The molecule has 1 saturated heterocycles. The normalized spacial score (nSPS) is 16.0. The Morgan fingerprint density at radius 3 is 2.60 bits per heavy atom. The molecule has 2 N–H and O–H groups in total. The molecule has 0 aromatic carbocycles. The molecular formula is C9H17N3O3. The highest BCUT2D eigenvalue weighted by Crippen LogP contribution is 2.16. The van der Waals surface area contributed by atoms with Gasteiger partial charge < -0.3 is 20.2 Å². The molecule has 0 bridgehead atoms. The fourth-order valence-electron chi connectivity index (χ4n) is 1.41. The third-order valence-corrected chi connectivity index (χ3v) is 2.53. The van der Waals surface area contributed by atoms with Gasteiger partial charge in [0.1, 0.15) is 0 Å². The lowest BCUT2D eigenvalue weighted by atomic mass is 10.0. The van der Waals surface area contributed by atoms with E-state index in [0.29, 0.717) is 19.6 Å². The number of carbonyl (C=O) groups excluding carboxylic acids is 1. The van der Waals surface area contributed by atoms with Crippen LogP contribution in [0.5, 0.6) is 0 Å². The Kier molecular flexibility index (Phi) is 3.90. The average Bonchev–Trinajstić information content (AvgIpc) is 2.10. The number of carbonyl (C=O) groups is 2. The van der Waals surface area contributed by atoms with Gasteiger partial charge in [-0.3, -0.25) is 4.79 Å². The zero-order chi connectivity index (χ0) is 11.4. The van der Waals surface area contributed by atoms with Crippen molar-refractivity contribution in [1.82, 2.24) is 15.1 Å². The summed E-state index contributed by atoms with van der Waals surface area (Å²) in [5.41, 5.74) is 0. The second kappa shape index (κ2) is 4.97. The summed E-state index contributed by atoms with van der Waals surface area (Å²) in [4.78, 5) is 25.3. The van der Waals surface area contributed by atoms with Crippen LogP contribution in [0.4, 0.5) is 4.79 Å². The molecule has 0 unspecified atom stereocenters. The quantitative estimate of drug-likeness (QED) is 0.648. The van der Waals surface area contributed by atoms with Crippen LogP contribution in [-0.4, -0.2) is 67.2 Å². The van der Waals surface area contributed by atoms with E-state index in [4.69, 9.17) is 5.11 Å². The standard InChI is InChI=1S/C9H17N3O3/c1-10-3-4-11(2)9(15)12-5-7(6-12)8(13)14/h7,10H,3-6H2,1-2H3,(H,13,14). The van der Waals surface area contributed by atoms with Crippen molar-refractivity contribution in [2.45, 2.75) is 0 Å². The SMILES string of the molecule is CNCCN(C)C(=O)N1CC(C(=O)O)C1. The van der Waals surface area contributed by atoms with Crippen molar-refractivity contribution >= 4 is 12.0 Å². The van der Waals surface area contributed by atoms with Crippen molar-refractivity contribution in [2.75, 3.05) is 40.3 Å². The second-order valence-electron chi connectivity index (χ2n) is 3.75. The third-order valence-electron chi connectivity index (χ3n) is 2.53. The van der Waals surface area contributed by atoms with Crippen LogP contribution in [0.2, 0.25) is 0 Å². The van der Waals surface area contributed by atoms with Gasteiger partial charge in [-0.15, -0.1) is 0 Å². The van der Waals surface area contributed by atoms with Gasteiger partial charge in [0, 0.05) is 33.2 Å². The molecule has 15 heavy (non-hydrogen) atoms. The fraction of sp³-hybridized carbons (Fsp3) is 0.778. The molecule has 1 rings (SSSR count). The number of likely N-dealkylation sites (N-methyl/N-ethyl adjacent to an activating group) is 2. The van der Waals surface area contributed by atoms with Crippen LogP contribution < -0.4 is 5.32 Å². The summed E-state index contributed by atoms with van der Waals surface area (Å²) in [6.07, 6.45) is 0. The van der Waals surface area contributed by atoms with Gasteiger partial charge in [-0.25, -0.2) is 4.79 Å². The molecule has 0 saturated carbocycles. The fourth-order valence-corrected chi connectivity index (χ4v) is 1.41. The van der Waals surface area contributed by atoms with Crippen molar-refractivity contribution in [3.8, 4) is 0 Å². The first-order valence-electron chi connectivity index (χ1n) is 4.93. The first kappa shape index (κ1) is 11.8. The molecule has 1 heterocycles. The Balaban J connectivity index is 2.28. The van der Waals surface area contributed by atoms with Gasteiger partial charge >= 0.3 is 12.0 Å². The maximum atomic E-state index is 11.6. The number of carboxylic acid groups (broad SMARTS) is 1. The number of nitrogens with one attached hydrogen (secondary N) is 1. The van der Waals surface area contributed by atoms with Gasteiger partial charge in [-0.05, 0) is 7.05 Å². The van der Waals surface area contributed by atoms with Crippen molar-refractivity contribution in [2.24, 2.45) is 5.92 Å². The van der Waals surface area contributed by atoms with Crippen molar-refractivity contribution in [3.05, 3.63) is 0 Å². The van der Waals surface area contributed by atoms with Crippen molar-refractivity contribution < 1.29 is 14.7 Å². The maximum Gasteiger partial charge on any atom is 0.319 e. The van der Waals surface area contributed by atoms with E-state index in [1.165, 1.54) is 0 Å². The number of hydrogen-bond donors (Lipinski definition) is 2. The Bertz CT molecular complexity index is 251. The lowest BCUT2D eigenvalue weighted by molar-refractivity contribution is -0.146. The monoisotopic (exact) mass is 215 g/mol. The summed E-state index contributed by atoms with van der Waals surface area (Å²) < 4.78 is 0. The van der Waals surface area contributed by atoms with Crippen LogP contribution in [-0.2, 0) is 4.79 Å². The number of aliphatic carboxylic acids is 1. The molecule has 0 aliphatic carbocycles. The molecule has 2 amide bonds. The zero-order valence-electron chi connectivity index (χ0n) is 9.06. The van der Waals surface area contributed by atoms with Gasteiger partial charge in [-0.1, -0.05) is 0 Å². The Hall–Kier alpha value is -1.30. The van der Waals surface area contributed by atoms with Gasteiger partial charge in [0.05, 0.1) is 5.92 Å². The molecule has 0 atom stereocenters. The van der Waals surface area contributed by atoms with Crippen LogP contribution in [0, 0.1) is 5.92 Å². The van der Waals surface area contributed by atoms with Gasteiger partial charge in [0.25, 0.3) is 0 Å². The van der Waals surface area contributed by atoms with E-state index in [1.54, 1.807) is 16.8 Å². The van der Waals surface area contributed by atoms with E-state index in [2.05, 4.69) is 5.32 Å². The highest BCUT2D eigenvalue weighted by molar-refractivity contribution is 5.79. The van der Waals surface area contributed by atoms with Crippen LogP contribution in [0.1, 0.15) is 0 Å². The van der Waals surface area contributed by atoms with E-state index >= 15 is 0 Å². The van der Waals surface area contributed by atoms with E-state index in [1.807, 2.05) is 7.05 Å². The van der Waals surface area contributed by atoms with Gasteiger partial charge in [-0.2, -0.15) is 0 Å². The number of carboxylic acids is 1. The highest BCUT2D eigenvalue weighted by Gasteiger charge is 2.36. The third kappa shape index (κ3) is 2.82. The summed E-state index contributed by atoms with van der Waals surface area (Å²) in [5.74, 6) is -1.21.